The van der Waals surface area contributed by atoms with Gasteiger partial charge in [-0.1, -0.05) is 36.4 Å². The third-order valence-electron chi connectivity index (χ3n) is 5.76. The predicted molar refractivity (Wildman–Crippen MR) is 107 cm³/mol. The molecule has 0 unspecified atom stereocenters. The largest absolute Gasteiger partial charge is 0.497 e. The van der Waals surface area contributed by atoms with Crippen LogP contribution in [0.3, 0.4) is 0 Å². The topological polar surface area (TPSA) is 53.6 Å². The maximum absolute atomic E-state index is 12.4. The van der Waals surface area contributed by atoms with Crippen molar-refractivity contribution in [3.05, 3.63) is 60.2 Å². The second-order valence-corrected chi connectivity index (χ2v) is 7.54. The summed E-state index contributed by atoms with van der Waals surface area (Å²) in [4.78, 5) is 15.0. The lowest BCUT2D eigenvalue weighted by Gasteiger charge is -2.39. The van der Waals surface area contributed by atoms with Crippen LogP contribution in [0, 0.1) is 0 Å². The van der Waals surface area contributed by atoms with Crippen molar-refractivity contribution >= 4 is 11.7 Å². The number of fused-ring (bicyclic) bond motifs is 2. The zero-order valence-electron chi connectivity index (χ0n) is 15.7. The standard InChI is InChI=1S/C22H27N3O2/c1-27-21-9-5-8-17(14-21)23-22(26)24-18-12-19-10-11-20(13-18)25(19)15-16-6-3-2-4-7-16/h2-9,14,18-20H,10-13,15H2,1H3,(H2,23,24,26)/t19-,20-/m1/s1. The minimum atomic E-state index is -0.135. The summed E-state index contributed by atoms with van der Waals surface area (Å²) in [6.45, 7) is 1.01. The number of hydrogen-bond acceptors (Lipinski definition) is 3. The van der Waals surface area contributed by atoms with Crippen molar-refractivity contribution < 1.29 is 9.53 Å². The summed E-state index contributed by atoms with van der Waals surface area (Å²) in [5, 5.41) is 6.09. The maximum Gasteiger partial charge on any atom is 0.319 e. The lowest BCUT2D eigenvalue weighted by atomic mass is 9.96. The van der Waals surface area contributed by atoms with Gasteiger partial charge in [0.05, 0.1) is 7.11 Å². The van der Waals surface area contributed by atoms with Gasteiger partial charge in [-0.2, -0.15) is 0 Å². The number of nitrogens with zero attached hydrogens (tertiary/aromatic N) is 1. The van der Waals surface area contributed by atoms with Crippen LogP contribution in [0.4, 0.5) is 10.5 Å². The number of nitrogens with one attached hydrogen (secondary N) is 2. The van der Waals surface area contributed by atoms with Gasteiger partial charge in [0, 0.05) is 36.4 Å². The molecule has 2 N–H and O–H groups in total. The molecule has 2 saturated heterocycles. The summed E-state index contributed by atoms with van der Waals surface area (Å²) in [5.74, 6) is 0.736. The minimum absolute atomic E-state index is 0.135. The van der Waals surface area contributed by atoms with E-state index < -0.39 is 0 Å². The fourth-order valence-corrected chi connectivity index (χ4v) is 4.50. The number of ether oxygens (including phenoxy) is 1. The molecule has 2 bridgehead atoms. The van der Waals surface area contributed by atoms with E-state index in [4.69, 9.17) is 4.74 Å². The number of hydrogen-bond donors (Lipinski definition) is 2. The Morgan fingerprint density at radius 1 is 1.07 bits per heavy atom. The lowest BCUT2D eigenvalue weighted by molar-refractivity contribution is 0.112. The molecule has 2 fully saturated rings. The fourth-order valence-electron chi connectivity index (χ4n) is 4.50. The Balaban J connectivity index is 1.32. The number of rotatable bonds is 5. The predicted octanol–water partition coefficient (Wildman–Crippen LogP) is 4.01. The molecule has 0 aromatic heterocycles. The molecule has 2 aromatic carbocycles. The molecule has 2 heterocycles. The minimum Gasteiger partial charge on any atom is -0.497 e. The van der Waals surface area contributed by atoms with Gasteiger partial charge in [-0.05, 0) is 43.4 Å². The van der Waals surface area contributed by atoms with E-state index in [-0.39, 0.29) is 12.1 Å². The first kappa shape index (κ1) is 17.9. The molecule has 2 aliphatic heterocycles. The SMILES string of the molecule is COc1cccc(NC(=O)NC2C[C@H]3CC[C@H](C2)N3Cc2ccccc2)c1. The number of benzene rings is 2. The highest BCUT2D eigenvalue weighted by Crippen LogP contribution is 2.36. The van der Waals surface area contributed by atoms with Crippen LogP contribution in [0.25, 0.3) is 0 Å². The van der Waals surface area contributed by atoms with Gasteiger partial charge in [-0.25, -0.2) is 4.79 Å². The summed E-state index contributed by atoms with van der Waals surface area (Å²) >= 11 is 0. The van der Waals surface area contributed by atoms with Gasteiger partial charge in [0.25, 0.3) is 0 Å². The van der Waals surface area contributed by atoms with Crippen LogP contribution in [-0.4, -0.2) is 36.2 Å². The first-order valence-electron chi connectivity index (χ1n) is 9.72. The zero-order chi connectivity index (χ0) is 18.6. The third-order valence-corrected chi connectivity index (χ3v) is 5.76. The Morgan fingerprint density at radius 3 is 2.52 bits per heavy atom. The Hall–Kier alpha value is -2.53. The normalized spacial score (nSPS) is 24.4. The molecule has 5 heteroatoms. The van der Waals surface area contributed by atoms with Crippen molar-refractivity contribution in [2.75, 3.05) is 12.4 Å². The highest BCUT2D eigenvalue weighted by atomic mass is 16.5. The van der Waals surface area contributed by atoms with Crippen LogP contribution in [0.1, 0.15) is 31.2 Å². The van der Waals surface area contributed by atoms with Gasteiger partial charge in [-0.15, -0.1) is 0 Å². The van der Waals surface area contributed by atoms with Crippen molar-refractivity contribution in [3.63, 3.8) is 0 Å². The fraction of sp³-hybridized carbons (Fsp3) is 0.409. The van der Waals surface area contributed by atoms with Gasteiger partial charge in [-0.3, -0.25) is 4.90 Å². The van der Waals surface area contributed by atoms with Gasteiger partial charge in [0.2, 0.25) is 0 Å². The molecule has 0 radical (unpaired) electrons. The van der Waals surface area contributed by atoms with Crippen molar-refractivity contribution in [2.45, 2.75) is 50.4 Å². The Kier molecular flexibility index (Phi) is 5.30. The Bertz CT molecular complexity index is 766. The van der Waals surface area contributed by atoms with Crippen molar-refractivity contribution in [1.29, 1.82) is 0 Å². The summed E-state index contributed by atoms with van der Waals surface area (Å²) in [5.41, 5.74) is 2.12. The average Bonchev–Trinajstić information content (AvgIpc) is 2.91. The van der Waals surface area contributed by atoms with Gasteiger partial charge < -0.3 is 15.4 Å². The number of carbonyl (C=O) groups excluding carboxylic acids is 1. The first-order valence-corrected chi connectivity index (χ1v) is 9.72. The number of urea groups is 1. The van der Waals surface area contributed by atoms with E-state index in [2.05, 4.69) is 45.9 Å². The molecular weight excluding hydrogens is 338 g/mol. The van der Waals surface area contributed by atoms with Crippen LogP contribution >= 0.6 is 0 Å². The molecule has 2 atom stereocenters. The number of piperidine rings is 1. The van der Waals surface area contributed by atoms with Crippen molar-refractivity contribution in [3.8, 4) is 5.75 Å². The molecule has 5 nitrogen and oxygen atoms in total. The molecule has 2 aromatic rings. The number of amides is 2. The number of carbonyl (C=O) groups is 1. The number of methoxy groups -OCH3 is 1. The Morgan fingerprint density at radius 2 is 1.81 bits per heavy atom. The molecule has 0 saturated carbocycles. The summed E-state index contributed by atoms with van der Waals surface area (Å²) in [6, 6.07) is 19.3. The van der Waals surface area contributed by atoms with E-state index in [1.54, 1.807) is 7.11 Å². The number of anilines is 1. The van der Waals surface area contributed by atoms with Crippen molar-refractivity contribution in [2.24, 2.45) is 0 Å². The average molecular weight is 365 g/mol. The molecule has 0 aliphatic carbocycles. The molecule has 4 rings (SSSR count). The first-order chi connectivity index (χ1) is 13.2. The van der Waals surface area contributed by atoms with E-state index >= 15 is 0 Å². The molecule has 2 aliphatic rings. The molecule has 2 amide bonds. The second-order valence-electron chi connectivity index (χ2n) is 7.54. The van der Waals surface area contributed by atoms with Crippen molar-refractivity contribution in [1.82, 2.24) is 10.2 Å². The second kappa shape index (κ2) is 8.01. The van der Waals surface area contributed by atoms with E-state index in [1.165, 1.54) is 18.4 Å². The van der Waals surface area contributed by atoms with Crippen LogP contribution in [-0.2, 0) is 6.54 Å². The highest BCUT2D eigenvalue weighted by molar-refractivity contribution is 5.89. The smallest absolute Gasteiger partial charge is 0.319 e. The molecular formula is C22H27N3O2. The van der Waals surface area contributed by atoms with E-state index in [0.717, 1.165) is 30.8 Å². The van der Waals surface area contributed by atoms with Gasteiger partial charge >= 0.3 is 6.03 Å². The quantitative estimate of drug-likeness (QED) is 0.842. The van der Waals surface area contributed by atoms with Crippen LogP contribution in [0.15, 0.2) is 54.6 Å². The Labute approximate surface area is 160 Å². The van der Waals surface area contributed by atoms with Gasteiger partial charge in [0.15, 0.2) is 0 Å². The summed E-state index contributed by atoms with van der Waals surface area (Å²) in [6.07, 6.45) is 4.50. The molecule has 27 heavy (non-hydrogen) atoms. The van der Waals surface area contributed by atoms with Gasteiger partial charge in [0.1, 0.15) is 5.75 Å². The zero-order valence-corrected chi connectivity index (χ0v) is 15.7. The lowest BCUT2D eigenvalue weighted by Crippen LogP contribution is -2.50. The van der Waals surface area contributed by atoms with Crippen LogP contribution < -0.4 is 15.4 Å². The highest BCUT2D eigenvalue weighted by Gasteiger charge is 2.40. The summed E-state index contributed by atoms with van der Waals surface area (Å²) < 4.78 is 5.21. The van der Waals surface area contributed by atoms with E-state index in [1.807, 2.05) is 24.3 Å². The maximum atomic E-state index is 12.4. The van der Waals surface area contributed by atoms with E-state index in [9.17, 15) is 4.79 Å². The monoisotopic (exact) mass is 365 g/mol. The molecule has 142 valence electrons. The van der Waals surface area contributed by atoms with E-state index in [0.29, 0.717) is 12.1 Å². The third kappa shape index (κ3) is 4.25. The molecule has 0 spiro atoms. The summed E-state index contributed by atoms with van der Waals surface area (Å²) in [7, 11) is 1.62. The van der Waals surface area contributed by atoms with Crippen LogP contribution in [0.2, 0.25) is 0 Å². The van der Waals surface area contributed by atoms with Crippen LogP contribution in [0.5, 0.6) is 5.75 Å².